The van der Waals surface area contributed by atoms with E-state index < -0.39 is 0 Å². The summed E-state index contributed by atoms with van der Waals surface area (Å²) in [4.78, 5) is 25.0. The molecule has 0 atom stereocenters. The molecule has 0 saturated carbocycles. The summed E-state index contributed by atoms with van der Waals surface area (Å²) in [6.07, 6.45) is 0. The van der Waals surface area contributed by atoms with Gasteiger partial charge in [0.15, 0.2) is 0 Å². The first kappa shape index (κ1) is 16.3. The van der Waals surface area contributed by atoms with Crippen LogP contribution in [-0.4, -0.2) is 24.1 Å². The zero-order valence-electron chi connectivity index (χ0n) is 13.5. The third-order valence-corrected chi connectivity index (χ3v) is 4.93. The van der Waals surface area contributed by atoms with Crippen LogP contribution in [0.2, 0.25) is 0 Å². The van der Waals surface area contributed by atoms with Crippen LogP contribution in [0.1, 0.15) is 15.4 Å². The second-order valence-corrected chi connectivity index (χ2v) is 6.51. The average Bonchev–Trinajstić information content (AvgIpc) is 3.01. The van der Waals surface area contributed by atoms with Gasteiger partial charge in [-0.15, -0.1) is 11.3 Å². The Kier molecular flexibility index (Phi) is 4.66. The van der Waals surface area contributed by atoms with E-state index in [-0.39, 0.29) is 11.5 Å². The summed E-state index contributed by atoms with van der Waals surface area (Å²) in [6, 6.07) is 13.0. The zero-order valence-corrected chi connectivity index (χ0v) is 14.4. The van der Waals surface area contributed by atoms with Gasteiger partial charge < -0.3 is 14.6 Å². The van der Waals surface area contributed by atoms with Crippen molar-refractivity contribution in [2.24, 2.45) is 0 Å². The van der Waals surface area contributed by atoms with Gasteiger partial charge in [0.2, 0.25) is 0 Å². The molecule has 3 rings (SSSR count). The number of carbonyl (C=O) groups is 1. The summed E-state index contributed by atoms with van der Waals surface area (Å²) in [5.74, 6) is 0.429. The van der Waals surface area contributed by atoms with Crippen LogP contribution in [0, 0.1) is 6.92 Å². The maximum absolute atomic E-state index is 12.3. The molecular formula is C18H18N2O3S. The van der Waals surface area contributed by atoms with Gasteiger partial charge in [-0.05, 0) is 30.5 Å². The fourth-order valence-corrected chi connectivity index (χ4v) is 3.54. The van der Waals surface area contributed by atoms with E-state index in [0.717, 1.165) is 15.8 Å². The highest BCUT2D eigenvalue weighted by atomic mass is 32.1. The van der Waals surface area contributed by atoms with Crippen molar-refractivity contribution in [2.45, 2.75) is 13.5 Å². The molecule has 3 aromatic rings. The SMILES string of the molecule is COc1cc(C)n(CCNC(=O)c2cc3ccccc3s2)c(=O)c1. The monoisotopic (exact) mass is 342 g/mol. The molecule has 0 aliphatic heterocycles. The Morgan fingerprint density at radius 2 is 2.04 bits per heavy atom. The zero-order chi connectivity index (χ0) is 17.1. The number of fused-ring (bicyclic) bond motifs is 1. The molecule has 0 aliphatic rings. The lowest BCUT2D eigenvalue weighted by Gasteiger charge is -2.11. The van der Waals surface area contributed by atoms with Crippen LogP contribution in [0.25, 0.3) is 10.1 Å². The molecule has 0 saturated heterocycles. The molecule has 6 heteroatoms. The van der Waals surface area contributed by atoms with E-state index in [9.17, 15) is 9.59 Å². The highest BCUT2D eigenvalue weighted by Crippen LogP contribution is 2.24. The Labute approximate surface area is 143 Å². The standard InChI is InChI=1S/C18H18N2O3S/c1-12-9-14(23-2)11-17(21)20(12)8-7-19-18(22)16-10-13-5-3-4-6-15(13)24-16/h3-6,9-11H,7-8H2,1-2H3,(H,19,22). The van der Waals surface area contributed by atoms with Crippen LogP contribution in [0.15, 0.2) is 47.3 Å². The minimum Gasteiger partial charge on any atom is -0.496 e. The van der Waals surface area contributed by atoms with Gasteiger partial charge in [-0.25, -0.2) is 0 Å². The summed E-state index contributed by atoms with van der Waals surface area (Å²) in [6.45, 7) is 2.66. The van der Waals surface area contributed by atoms with Crippen LogP contribution in [0.4, 0.5) is 0 Å². The van der Waals surface area contributed by atoms with E-state index in [2.05, 4.69) is 5.32 Å². The summed E-state index contributed by atoms with van der Waals surface area (Å²) < 4.78 is 7.79. The van der Waals surface area contributed by atoms with Crippen LogP contribution in [0.3, 0.4) is 0 Å². The molecule has 24 heavy (non-hydrogen) atoms. The highest BCUT2D eigenvalue weighted by molar-refractivity contribution is 7.20. The first-order valence-electron chi connectivity index (χ1n) is 7.61. The number of benzene rings is 1. The average molecular weight is 342 g/mol. The van der Waals surface area contributed by atoms with Crippen LogP contribution in [-0.2, 0) is 6.54 Å². The largest absolute Gasteiger partial charge is 0.496 e. The number of aryl methyl sites for hydroxylation is 1. The van der Waals surface area contributed by atoms with E-state index in [1.807, 2.05) is 37.3 Å². The number of amides is 1. The summed E-state index contributed by atoms with van der Waals surface area (Å²) in [5.41, 5.74) is 0.665. The van der Waals surface area contributed by atoms with Crippen LogP contribution in [0.5, 0.6) is 5.75 Å². The number of hydrogen-bond donors (Lipinski definition) is 1. The number of thiophene rings is 1. The van der Waals surface area contributed by atoms with E-state index in [1.54, 1.807) is 10.6 Å². The molecule has 0 fully saturated rings. The number of hydrogen-bond acceptors (Lipinski definition) is 4. The molecule has 2 heterocycles. The van der Waals surface area contributed by atoms with Crippen LogP contribution < -0.4 is 15.6 Å². The second-order valence-electron chi connectivity index (χ2n) is 5.43. The Hall–Kier alpha value is -2.60. The normalized spacial score (nSPS) is 10.8. The Morgan fingerprint density at radius 1 is 1.25 bits per heavy atom. The molecular weight excluding hydrogens is 324 g/mol. The van der Waals surface area contributed by atoms with Gasteiger partial charge in [-0.3, -0.25) is 9.59 Å². The van der Waals surface area contributed by atoms with Crippen molar-refractivity contribution in [1.82, 2.24) is 9.88 Å². The Bertz CT molecular complexity index is 910. The lowest BCUT2D eigenvalue weighted by atomic mass is 10.2. The molecule has 1 amide bonds. The lowest BCUT2D eigenvalue weighted by molar-refractivity contribution is 0.0956. The predicted octanol–water partition coefficient (Wildman–Crippen LogP) is 2.81. The Morgan fingerprint density at radius 3 is 2.75 bits per heavy atom. The van der Waals surface area contributed by atoms with Gasteiger partial charge in [-0.1, -0.05) is 18.2 Å². The van der Waals surface area contributed by atoms with Crippen molar-refractivity contribution in [2.75, 3.05) is 13.7 Å². The smallest absolute Gasteiger partial charge is 0.261 e. The third-order valence-electron chi connectivity index (χ3n) is 3.81. The predicted molar refractivity (Wildman–Crippen MR) is 96.1 cm³/mol. The minimum absolute atomic E-state index is 0.115. The summed E-state index contributed by atoms with van der Waals surface area (Å²) in [5, 5.41) is 3.94. The van der Waals surface area contributed by atoms with Gasteiger partial charge in [0.05, 0.1) is 12.0 Å². The molecule has 0 radical (unpaired) electrons. The molecule has 0 unspecified atom stereocenters. The van der Waals surface area contributed by atoms with Gasteiger partial charge in [0, 0.05) is 29.5 Å². The molecule has 5 nitrogen and oxygen atoms in total. The number of aromatic nitrogens is 1. The lowest BCUT2D eigenvalue weighted by Crippen LogP contribution is -2.31. The number of nitrogens with one attached hydrogen (secondary N) is 1. The first-order chi connectivity index (χ1) is 11.6. The minimum atomic E-state index is -0.136. The summed E-state index contributed by atoms with van der Waals surface area (Å²) >= 11 is 1.47. The number of ether oxygens (including phenoxy) is 1. The number of nitrogens with zero attached hydrogens (tertiary/aromatic N) is 1. The molecule has 0 aliphatic carbocycles. The molecule has 2 aromatic heterocycles. The van der Waals surface area contributed by atoms with Crippen molar-refractivity contribution >= 4 is 27.3 Å². The fourth-order valence-electron chi connectivity index (χ4n) is 2.57. The van der Waals surface area contributed by atoms with Gasteiger partial charge in [0.25, 0.3) is 11.5 Å². The molecule has 1 aromatic carbocycles. The number of rotatable bonds is 5. The maximum atomic E-state index is 12.3. The highest BCUT2D eigenvalue weighted by Gasteiger charge is 2.10. The maximum Gasteiger partial charge on any atom is 0.261 e. The van der Waals surface area contributed by atoms with E-state index >= 15 is 0 Å². The van der Waals surface area contributed by atoms with E-state index in [1.165, 1.54) is 24.5 Å². The van der Waals surface area contributed by atoms with Crippen molar-refractivity contribution < 1.29 is 9.53 Å². The number of pyridine rings is 1. The topological polar surface area (TPSA) is 60.3 Å². The third kappa shape index (κ3) is 3.33. The number of carbonyl (C=O) groups excluding carboxylic acids is 1. The van der Waals surface area contributed by atoms with E-state index in [4.69, 9.17) is 4.74 Å². The van der Waals surface area contributed by atoms with Crippen molar-refractivity contribution in [3.8, 4) is 5.75 Å². The van der Waals surface area contributed by atoms with Crippen molar-refractivity contribution in [3.05, 3.63) is 63.4 Å². The van der Waals surface area contributed by atoms with Crippen molar-refractivity contribution in [1.29, 1.82) is 0 Å². The molecule has 124 valence electrons. The van der Waals surface area contributed by atoms with Crippen molar-refractivity contribution in [3.63, 3.8) is 0 Å². The Balaban J connectivity index is 1.66. The van der Waals surface area contributed by atoms with Crippen LogP contribution >= 0.6 is 11.3 Å². The fraction of sp³-hybridized carbons (Fsp3) is 0.222. The van der Waals surface area contributed by atoms with Gasteiger partial charge >= 0.3 is 0 Å². The van der Waals surface area contributed by atoms with Gasteiger partial charge in [-0.2, -0.15) is 0 Å². The molecule has 0 spiro atoms. The van der Waals surface area contributed by atoms with Gasteiger partial charge in [0.1, 0.15) is 5.75 Å². The van der Waals surface area contributed by atoms with E-state index in [0.29, 0.717) is 23.7 Å². The quantitative estimate of drug-likeness (QED) is 0.776. The molecule has 1 N–H and O–H groups in total. The number of methoxy groups -OCH3 is 1. The second kappa shape index (κ2) is 6.88. The first-order valence-corrected chi connectivity index (χ1v) is 8.42. The summed E-state index contributed by atoms with van der Waals surface area (Å²) in [7, 11) is 1.53. The molecule has 0 bridgehead atoms.